The topological polar surface area (TPSA) is 94.8 Å². The van der Waals surface area contributed by atoms with Gasteiger partial charge in [-0.15, -0.1) is 0 Å². The van der Waals surface area contributed by atoms with Crippen molar-refractivity contribution < 1.29 is 15.0 Å². The summed E-state index contributed by atoms with van der Waals surface area (Å²) in [6.07, 6.45) is 2.67. The lowest BCUT2D eigenvalue weighted by Crippen LogP contribution is -2.17. The molecule has 6 nitrogen and oxygen atoms in total. The quantitative estimate of drug-likeness (QED) is 0.581. The van der Waals surface area contributed by atoms with Gasteiger partial charge >= 0.3 is 0 Å². The number of halogens is 2. The van der Waals surface area contributed by atoms with Gasteiger partial charge in [0.15, 0.2) is 0 Å². The third-order valence-electron chi connectivity index (χ3n) is 3.07. The summed E-state index contributed by atoms with van der Waals surface area (Å²) in [7, 11) is 0. The molecule has 0 unspecified atom stereocenters. The highest BCUT2D eigenvalue weighted by Crippen LogP contribution is 2.23. The molecule has 0 aliphatic heterocycles. The maximum Gasteiger partial charge on any atom is 0.271 e. The minimum atomic E-state index is -0.490. The number of hydrogen-bond donors (Lipinski definition) is 3. The molecule has 0 saturated heterocycles. The molecule has 0 aliphatic carbocycles. The summed E-state index contributed by atoms with van der Waals surface area (Å²) in [5, 5.41) is 23.6. The van der Waals surface area contributed by atoms with Crippen LogP contribution < -0.4 is 5.43 Å². The Bertz CT molecular complexity index is 779. The molecule has 8 heteroatoms. The predicted molar refractivity (Wildman–Crippen MR) is 88.1 cm³/mol. The van der Waals surface area contributed by atoms with Gasteiger partial charge in [0.25, 0.3) is 5.91 Å². The van der Waals surface area contributed by atoms with Crippen LogP contribution in [0.15, 0.2) is 29.5 Å². The smallest absolute Gasteiger partial charge is 0.271 e. The van der Waals surface area contributed by atoms with Crippen molar-refractivity contribution in [3.63, 3.8) is 0 Å². The lowest BCUT2D eigenvalue weighted by atomic mass is 10.1. The molecule has 120 valence electrons. The Labute approximate surface area is 142 Å². The van der Waals surface area contributed by atoms with E-state index in [4.69, 9.17) is 23.2 Å². The summed E-state index contributed by atoms with van der Waals surface area (Å²) in [5.74, 6) is -0.597. The second-order valence-electron chi connectivity index (χ2n) is 4.62. The number of pyridine rings is 1. The fourth-order valence-corrected chi connectivity index (χ4v) is 2.08. The number of nitrogens with zero attached hydrogens (tertiary/aromatic N) is 2. The van der Waals surface area contributed by atoms with Gasteiger partial charge in [-0.25, -0.2) is 5.43 Å². The second kappa shape index (κ2) is 7.41. The zero-order valence-corrected chi connectivity index (χ0v) is 13.6. The summed E-state index contributed by atoms with van der Waals surface area (Å²) < 4.78 is 0. The highest BCUT2D eigenvalue weighted by Gasteiger charge is 2.10. The van der Waals surface area contributed by atoms with E-state index in [-0.39, 0.29) is 28.5 Å². The van der Waals surface area contributed by atoms with Crippen LogP contribution in [0.3, 0.4) is 0 Å². The van der Waals surface area contributed by atoms with Crippen LogP contribution in [0.5, 0.6) is 5.75 Å². The maximum atomic E-state index is 12.0. The number of hydrazone groups is 1. The van der Waals surface area contributed by atoms with E-state index in [1.54, 1.807) is 6.92 Å². The molecule has 1 aromatic carbocycles. The molecular weight excluding hydrogens is 341 g/mol. The minimum Gasteiger partial charge on any atom is -0.505 e. The van der Waals surface area contributed by atoms with Gasteiger partial charge in [0.05, 0.1) is 28.6 Å². The molecule has 0 atom stereocenters. The van der Waals surface area contributed by atoms with Gasteiger partial charge in [0.1, 0.15) is 5.75 Å². The Morgan fingerprint density at radius 2 is 2.13 bits per heavy atom. The van der Waals surface area contributed by atoms with E-state index >= 15 is 0 Å². The lowest BCUT2D eigenvalue weighted by molar-refractivity contribution is 0.0955. The molecule has 1 heterocycles. The van der Waals surface area contributed by atoms with E-state index in [0.29, 0.717) is 16.3 Å². The van der Waals surface area contributed by atoms with Gasteiger partial charge in [-0.1, -0.05) is 23.2 Å². The number of carbonyl (C=O) groups is 1. The number of nitrogens with one attached hydrogen (secondary N) is 1. The molecule has 1 amide bonds. The van der Waals surface area contributed by atoms with Gasteiger partial charge in [0, 0.05) is 22.9 Å². The molecule has 1 aromatic heterocycles. The number of aryl methyl sites for hydroxylation is 1. The Kier molecular flexibility index (Phi) is 5.54. The third-order valence-corrected chi connectivity index (χ3v) is 3.81. The largest absolute Gasteiger partial charge is 0.505 e. The standard InChI is InChI=1S/C15H13Cl2N3O3/c1-8-14(22)11(10(7-21)5-18-8)6-19-20-15(23)9-2-3-12(16)13(17)4-9/h2-6,21-22H,7H2,1H3,(H,20,23). The average Bonchev–Trinajstić information content (AvgIpc) is 2.54. The number of aromatic nitrogens is 1. The van der Waals surface area contributed by atoms with Gasteiger partial charge in [0.2, 0.25) is 0 Å². The van der Waals surface area contributed by atoms with Gasteiger partial charge < -0.3 is 10.2 Å². The fraction of sp³-hybridized carbons (Fsp3) is 0.133. The van der Waals surface area contributed by atoms with Crippen LogP contribution in [0.1, 0.15) is 27.2 Å². The van der Waals surface area contributed by atoms with Crippen molar-refractivity contribution in [1.82, 2.24) is 10.4 Å². The SMILES string of the molecule is Cc1ncc(CO)c(C=NNC(=O)c2ccc(Cl)c(Cl)c2)c1O. The molecule has 2 aromatic rings. The van der Waals surface area contributed by atoms with E-state index in [1.807, 2.05) is 0 Å². The summed E-state index contributed by atoms with van der Waals surface area (Å²) in [6.45, 7) is 1.30. The molecule has 2 rings (SSSR count). The summed E-state index contributed by atoms with van der Waals surface area (Å²) in [4.78, 5) is 15.9. The van der Waals surface area contributed by atoms with Gasteiger partial charge in [-0.2, -0.15) is 5.10 Å². The van der Waals surface area contributed by atoms with E-state index in [2.05, 4.69) is 15.5 Å². The first-order valence-electron chi connectivity index (χ1n) is 6.50. The maximum absolute atomic E-state index is 12.0. The molecule has 0 fully saturated rings. The van der Waals surface area contributed by atoms with Crippen LogP contribution in [0.4, 0.5) is 0 Å². The third kappa shape index (κ3) is 3.98. The van der Waals surface area contributed by atoms with Crippen molar-refractivity contribution in [3.8, 4) is 5.75 Å². The predicted octanol–water partition coefficient (Wildman–Crippen LogP) is 2.66. The highest BCUT2D eigenvalue weighted by molar-refractivity contribution is 6.42. The van der Waals surface area contributed by atoms with Crippen molar-refractivity contribution >= 4 is 35.3 Å². The zero-order chi connectivity index (χ0) is 17.0. The monoisotopic (exact) mass is 353 g/mol. The van der Waals surface area contributed by atoms with Crippen LogP contribution in [0, 0.1) is 6.92 Å². The normalized spacial score (nSPS) is 11.0. The Balaban J connectivity index is 2.17. The van der Waals surface area contributed by atoms with E-state index < -0.39 is 5.91 Å². The molecule has 23 heavy (non-hydrogen) atoms. The molecule has 0 spiro atoms. The number of rotatable bonds is 4. The summed E-state index contributed by atoms with van der Waals surface area (Å²) in [6, 6.07) is 4.43. The first kappa shape index (κ1) is 17.2. The van der Waals surface area contributed by atoms with Crippen LogP contribution in [0.25, 0.3) is 0 Å². The molecule has 0 aliphatic rings. The highest BCUT2D eigenvalue weighted by atomic mass is 35.5. The lowest BCUT2D eigenvalue weighted by Gasteiger charge is -2.07. The van der Waals surface area contributed by atoms with Crippen molar-refractivity contribution in [1.29, 1.82) is 0 Å². The van der Waals surface area contributed by atoms with Crippen LogP contribution >= 0.6 is 23.2 Å². The molecule has 3 N–H and O–H groups in total. The van der Waals surface area contributed by atoms with Crippen LogP contribution in [-0.2, 0) is 6.61 Å². The van der Waals surface area contributed by atoms with Crippen molar-refractivity contribution in [2.45, 2.75) is 13.5 Å². The molecule has 0 saturated carbocycles. The first-order chi connectivity index (χ1) is 10.9. The number of aliphatic hydroxyl groups excluding tert-OH is 1. The van der Waals surface area contributed by atoms with Gasteiger partial charge in [-0.3, -0.25) is 9.78 Å². The first-order valence-corrected chi connectivity index (χ1v) is 7.26. The second-order valence-corrected chi connectivity index (χ2v) is 5.43. The molecule has 0 radical (unpaired) electrons. The Hall–Kier alpha value is -2.15. The van der Waals surface area contributed by atoms with Crippen molar-refractivity contribution in [2.24, 2.45) is 5.10 Å². The van der Waals surface area contributed by atoms with Crippen molar-refractivity contribution in [2.75, 3.05) is 0 Å². The van der Waals surface area contributed by atoms with Gasteiger partial charge in [-0.05, 0) is 25.1 Å². The van der Waals surface area contributed by atoms with Crippen LogP contribution in [-0.4, -0.2) is 27.3 Å². The van der Waals surface area contributed by atoms with E-state index in [1.165, 1.54) is 30.6 Å². The number of carbonyl (C=O) groups excluding carboxylic acids is 1. The number of aliphatic hydroxyl groups is 1. The average molecular weight is 354 g/mol. The van der Waals surface area contributed by atoms with Crippen molar-refractivity contribution in [3.05, 3.63) is 56.8 Å². The fourth-order valence-electron chi connectivity index (χ4n) is 1.78. The number of aromatic hydroxyl groups is 1. The summed E-state index contributed by atoms with van der Waals surface area (Å²) in [5.41, 5.74) is 3.66. The molecular formula is C15H13Cl2N3O3. The number of benzene rings is 1. The Morgan fingerprint density at radius 3 is 2.78 bits per heavy atom. The number of hydrogen-bond acceptors (Lipinski definition) is 5. The van der Waals surface area contributed by atoms with E-state index in [9.17, 15) is 15.0 Å². The van der Waals surface area contributed by atoms with E-state index in [0.717, 1.165) is 0 Å². The Morgan fingerprint density at radius 1 is 1.39 bits per heavy atom. The number of amides is 1. The molecule has 0 bridgehead atoms. The summed E-state index contributed by atoms with van der Waals surface area (Å²) >= 11 is 11.6. The zero-order valence-electron chi connectivity index (χ0n) is 12.0. The minimum absolute atomic E-state index is 0.107. The van der Waals surface area contributed by atoms with Crippen LogP contribution in [0.2, 0.25) is 10.0 Å².